The quantitative estimate of drug-likeness (QED) is 0.857. The highest BCUT2D eigenvalue weighted by molar-refractivity contribution is 5.66. The molecule has 0 radical (unpaired) electrons. The van der Waals surface area contributed by atoms with Gasteiger partial charge in [-0.3, -0.25) is 0 Å². The maximum absolute atomic E-state index is 6.27. The lowest BCUT2D eigenvalue weighted by molar-refractivity contribution is 0.494. The highest BCUT2D eigenvalue weighted by atomic mass is 15.4. The number of hydrogen-bond donors (Lipinski definition) is 1. The van der Waals surface area contributed by atoms with Gasteiger partial charge in [-0.15, -0.1) is 0 Å². The van der Waals surface area contributed by atoms with Crippen molar-refractivity contribution in [3.05, 3.63) is 5.69 Å². The minimum atomic E-state index is 0.327. The number of hydrogen-bond acceptors (Lipinski definition) is 3. The average Bonchev–Trinajstić information content (AvgIpc) is 2.53. The van der Waals surface area contributed by atoms with Crippen molar-refractivity contribution < 1.29 is 0 Å². The van der Waals surface area contributed by atoms with E-state index in [0.717, 1.165) is 30.3 Å². The maximum atomic E-state index is 6.27. The van der Waals surface area contributed by atoms with Crippen LogP contribution in [0.15, 0.2) is 0 Å². The van der Waals surface area contributed by atoms with Crippen molar-refractivity contribution in [2.24, 2.45) is 11.8 Å². The highest BCUT2D eigenvalue weighted by Crippen LogP contribution is 2.30. The largest absolute Gasteiger partial charge is 0.394 e. The molecule has 110 valence electrons. The van der Waals surface area contributed by atoms with E-state index in [9.17, 15) is 0 Å². The van der Waals surface area contributed by atoms with E-state index in [0.29, 0.717) is 17.9 Å². The second kappa shape index (κ2) is 6.31. The first kappa shape index (κ1) is 15.9. The van der Waals surface area contributed by atoms with Crippen LogP contribution < -0.4 is 10.6 Å². The molecule has 0 aliphatic carbocycles. The smallest absolute Gasteiger partial charge is 0.150 e. The number of nitrogen functional groups attached to an aromatic ring is 1. The zero-order valence-corrected chi connectivity index (χ0v) is 13.6. The Hall–Kier alpha value is -1.19. The van der Waals surface area contributed by atoms with Crippen LogP contribution in [-0.4, -0.2) is 22.9 Å². The zero-order valence-electron chi connectivity index (χ0n) is 13.6. The Labute approximate surface area is 118 Å². The Kier molecular flexibility index (Phi) is 5.27. The molecule has 1 heterocycles. The highest BCUT2D eigenvalue weighted by Gasteiger charge is 2.21. The SMILES string of the molecule is Cc1nn(C(C)C)c(N(CC(C)C)CC(C)C)c1N. The summed E-state index contributed by atoms with van der Waals surface area (Å²) in [6.45, 7) is 17.3. The summed E-state index contributed by atoms with van der Waals surface area (Å²) in [6, 6.07) is 0.327. The first-order chi connectivity index (χ1) is 8.73. The molecule has 0 amide bonds. The fourth-order valence-electron chi connectivity index (χ4n) is 2.35. The second-order valence-corrected chi connectivity index (χ2v) is 6.55. The molecule has 1 rings (SSSR count). The fraction of sp³-hybridized carbons (Fsp3) is 0.800. The van der Waals surface area contributed by atoms with Gasteiger partial charge in [-0.1, -0.05) is 27.7 Å². The summed E-state index contributed by atoms with van der Waals surface area (Å²) >= 11 is 0. The van der Waals surface area contributed by atoms with Gasteiger partial charge in [0.15, 0.2) is 5.82 Å². The molecule has 4 nitrogen and oxygen atoms in total. The standard InChI is InChI=1S/C15H30N4/c1-10(2)8-18(9-11(3)4)15-14(16)13(7)17-19(15)12(5)6/h10-12H,8-9,16H2,1-7H3. The Bertz CT molecular complexity index is 395. The summed E-state index contributed by atoms with van der Waals surface area (Å²) in [7, 11) is 0. The van der Waals surface area contributed by atoms with Gasteiger partial charge in [-0.2, -0.15) is 5.10 Å². The Morgan fingerprint density at radius 3 is 1.89 bits per heavy atom. The predicted molar refractivity (Wildman–Crippen MR) is 83.7 cm³/mol. The van der Waals surface area contributed by atoms with E-state index >= 15 is 0 Å². The summed E-state index contributed by atoms with van der Waals surface area (Å²) < 4.78 is 2.06. The molecule has 19 heavy (non-hydrogen) atoms. The molecule has 0 fully saturated rings. The van der Waals surface area contributed by atoms with Gasteiger partial charge < -0.3 is 10.6 Å². The number of anilines is 2. The topological polar surface area (TPSA) is 47.1 Å². The van der Waals surface area contributed by atoms with Crippen LogP contribution in [0.1, 0.15) is 53.3 Å². The average molecular weight is 266 g/mol. The van der Waals surface area contributed by atoms with Crippen molar-refractivity contribution in [2.45, 2.75) is 54.5 Å². The molecule has 0 saturated heterocycles. The first-order valence-electron chi connectivity index (χ1n) is 7.33. The Morgan fingerprint density at radius 1 is 1.05 bits per heavy atom. The fourth-order valence-corrected chi connectivity index (χ4v) is 2.35. The van der Waals surface area contributed by atoms with E-state index < -0.39 is 0 Å². The molecule has 0 aliphatic heterocycles. The molecule has 0 spiro atoms. The van der Waals surface area contributed by atoms with E-state index in [1.54, 1.807) is 0 Å². The summed E-state index contributed by atoms with van der Waals surface area (Å²) in [5.41, 5.74) is 8.03. The molecule has 0 unspecified atom stereocenters. The summed E-state index contributed by atoms with van der Waals surface area (Å²) in [5.74, 6) is 2.30. The third kappa shape index (κ3) is 3.88. The monoisotopic (exact) mass is 266 g/mol. The molecular formula is C15H30N4. The number of nitrogens with two attached hydrogens (primary N) is 1. The van der Waals surface area contributed by atoms with E-state index in [4.69, 9.17) is 5.73 Å². The summed E-state index contributed by atoms with van der Waals surface area (Å²) in [4.78, 5) is 2.39. The summed E-state index contributed by atoms with van der Waals surface area (Å²) in [5, 5.41) is 4.60. The number of rotatable bonds is 6. The van der Waals surface area contributed by atoms with Crippen molar-refractivity contribution >= 4 is 11.5 Å². The molecule has 1 aromatic rings. The van der Waals surface area contributed by atoms with Crippen LogP contribution in [0, 0.1) is 18.8 Å². The van der Waals surface area contributed by atoms with Gasteiger partial charge in [-0.25, -0.2) is 4.68 Å². The van der Waals surface area contributed by atoms with Gasteiger partial charge >= 0.3 is 0 Å². The van der Waals surface area contributed by atoms with Crippen LogP contribution in [0.4, 0.5) is 11.5 Å². The van der Waals surface area contributed by atoms with Gasteiger partial charge in [0.2, 0.25) is 0 Å². The van der Waals surface area contributed by atoms with E-state index in [-0.39, 0.29) is 0 Å². The third-order valence-corrected chi connectivity index (χ3v) is 3.07. The van der Waals surface area contributed by atoms with Crippen LogP contribution >= 0.6 is 0 Å². The molecule has 2 N–H and O–H groups in total. The van der Waals surface area contributed by atoms with Gasteiger partial charge in [-0.05, 0) is 32.6 Å². The van der Waals surface area contributed by atoms with Gasteiger partial charge in [0.1, 0.15) is 0 Å². The van der Waals surface area contributed by atoms with Crippen LogP contribution in [0.3, 0.4) is 0 Å². The molecule has 0 aliphatic rings. The van der Waals surface area contributed by atoms with Crippen molar-refractivity contribution in [2.75, 3.05) is 23.7 Å². The number of aryl methyl sites for hydroxylation is 1. The van der Waals surface area contributed by atoms with Gasteiger partial charge in [0.25, 0.3) is 0 Å². The van der Waals surface area contributed by atoms with Crippen LogP contribution in [0.5, 0.6) is 0 Å². The molecule has 0 bridgehead atoms. The normalized spacial score (nSPS) is 11.9. The molecule has 0 saturated carbocycles. The molecule has 0 aromatic carbocycles. The Morgan fingerprint density at radius 2 is 1.53 bits per heavy atom. The Balaban J connectivity index is 3.19. The lowest BCUT2D eigenvalue weighted by Gasteiger charge is -2.30. The van der Waals surface area contributed by atoms with Crippen LogP contribution in [0.2, 0.25) is 0 Å². The van der Waals surface area contributed by atoms with E-state index in [1.165, 1.54) is 0 Å². The van der Waals surface area contributed by atoms with Crippen molar-refractivity contribution in [1.29, 1.82) is 0 Å². The third-order valence-electron chi connectivity index (χ3n) is 3.07. The molecular weight excluding hydrogens is 236 g/mol. The zero-order chi connectivity index (χ0) is 14.7. The molecule has 0 atom stereocenters. The van der Waals surface area contributed by atoms with E-state index in [2.05, 4.69) is 56.2 Å². The summed E-state index contributed by atoms with van der Waals surface area (Å²) in [6.07, 6.45) is 0. The van der Waals surface area contributed by atoms with Crippen molar-refractivity contribution in [3.63, 3.8) is 0 Å². The minimum absolute atomic E-state index is 0.327. The molecule has 1 aromatic heterocycles. The number of nitrogens with zero attached hydrogens (tertiary/aromatic N) is 3. The first-order valence-corrected chi connectivity index (χ1v) is 7.33. The van der Waals surface area contributed by atoms with Crippen LogP contribution in [0.25, 0.3) is 0 Å². The van der Waals surface area contributed by atoms with Crippen molar-refractivity contribution in [1.82, 2.24) is 9.78 Å². The molecule has 4 heteroatoms. The van der Waals surface area contributed by atoms with Crippen LogP contribution in [-0.2, 0) is 0 Å². The van der Waals surface area contributed by atoms with E-state index in [1.807, 2.05) is 6.92 Å². The lowest BCUT2D eigenvalue weighted by Crippen LogP contribution is -2.34. The maximum Gasteiger partial charge on any atom is 0.150 e. The lowest BCUT2D eigenvalue weighted by atomic mass is 10.1. The second-order valence-electron chi connectivity index (χ2n) is 6.55. The van der Waals surface area contributed by atoms with Gasteiger partial charge in [0.05, 0.1) is 11.4 Å². The number of aromatic nitrogens is 2. The van der Waals surface area contributed by atoms with Gasteiger partial charge in [0, 0.05) is 19.1 Å². The predicted octanol–water partition coefficient (Wildman–Crippen LogP) is 3.47. The minimum Gasteiger partial charge on any atom is -0.394 e. The van der Waals surface area contributed by atoms with Crippen molar-refractivity contribution in [3.8, 4) is 0 Å².